The van der Waals surface area contributed by atoms with Gasteiger partial charge in [0.2, 0.25) is 0 Å². The van der Waals surface area contributed by atoms with Gasteiger partial charge in [0.1, 0.15) is 18.0 Å². The second-order valence-electron chi connectivity index (χ2n) is 9.54. The zero-order valence-electron chi connectivity index (χ0n) is 16.2. The van der Waals surface area contributed by atoms with E-state index in [1.807, 2.05) is 13.0 Å². The maximum absolute atomic E-state index is 13.4. The van der Waals surface area contributed by atoms with E-state index in [4.69, 9.17) is 0 Å². The maximum Gasteiger partial charge on any atom is 0.190 e. The fourth-order valence-corrected chi connectivity index (χ4v) is 7.05. The van der Waals surface area contributed by atoms with Gasteiger partial charge in [-0.1, -0.05) is 32.4 Å². The molecule has 4 aliphatic carbocycles. The molecule has 2 N–H and O–H groups in total. The predicted molar refractivity (Wildman–Crippen MR) is 98.6 cm³/mol. The van der Waals surface area contributed by atoms with Crippen LogP contribution < -0.4 is 0 Å². The Morgan fingerprint density at radius 1 is 1.30 bits per heavy atom. The van der Waals surface area contributed by atoms with Crippen molar-refractivity contribution in [2.45, 2.75) is 52.1 Å². The molecule has 3 saturated carbocycles. The molecule has 4 rings (SSSR count). The number of hydrogen-bond acceptors (Lipinski definition) is 5. The molecule has 0 amide bonds. The summed E-state index contributed by atoms with van der Waals surface area (Å²) >= 11 is 0. The van der Waals surface area contributed by atoms with Gasteiger partial charge in [0.25, 0.3) is 0 Å². The number of allylic oxidation sites excluding steroid dienone is 4. The molecule has 27 heavy (non-hydrogen) atoms. The summed E-state index contributed by atoms with van der Waals surface area (Å²) in [6.07, 6.45) is 7.06. The van der Waals surface area contributed by atoms with E-state index < -0.39 is 28.8 Å². The van der Waals surface area contributed by atoms with E-state index in [-0.39, 0.29) is 41.7 Å². The molecule has 5 nitrogen and oxygen atoms in total. The highest BCUT2D eigenvalue weighted by Gasteiger charge is 2.68. The number of aliphatic hydroxyl groups excluding tert-OH is 1. The monoisotopic (exact) mass is 372 g/mol. The van der Waals surface area contributed by atoms with E-state index in [0.717, 1.165) is 12.0 Å². The molecule has 0 aromatic carbocycles. The van der Waals surface area contributed by atoms with Crippen LogP contribution in [0.5, 0.6) is 0 Å². The summed E-state index contributed by atoms with van der Waals surface area (Å²) in [7, 11) is 0. The minimum absolute atomic E-state index is 0.0235. The highest BCUT2D eigenvalue weighted by molar-refractivity contribution is 6.02. The topological polar surface area (TPSA) is 91.7 Å². The molecule has 0 saturated heterocycles. The Bertz CT molecular complexity index is 795. The van der Waals surface area contributed by atoms with Crippen molar-refractivity contribution in [3.8, 4) is 0 Å². The first-order valence-electron chi connectivity index (χ1n) is 9.93. The van der Waals surface area contributed by atoms with Crippen LogP contribution in [0.1, 0.15) is 46.5 Å². The van der Waals surface area contributed by atoms with Crippen LogP contribution in [0.3, 0.4) is 0 Å². The molecule has 0 heterocycles. The Labute approximate surface area is 159 Å². The molecule has 5 unspecified atom stereocenters. The lowest BCUT2D eigenvalue weighted by atomic mass is 9.45. The molecular formula is C22H28O5. The molecule has 146 valence electrons. The highest BCUT2D eigenvalue weighted by Crippen LogP contribution is 2.66. The number of carbonyl (C=O) groups excluding carboxylic acids is 3. The highest BCUT2D eigenvalue weighted by atomic mass is 16.3. The molecule has 0 aliphatic heterocycles. The average Bonchev–Trinajstić information content (AvgIpc) is 2.87. The van der Waals surface area contributed by atoms with Crippen LogP contribution >= 0.6 is 0 Å². The Balaban J connectivity index is 1.79. The molecule has 0 aromatic rings. The van der Waals surface area contributed by atoms with Gasteiger partial charge in [-0.2, -0.15) is 0 Å². The number of carbonyl (C=O) groups is 3. The standard InChI is InChI=1S/C22H28O5/c1-12-8-14-15-5-7-22(27,18(26)11-23)21(15,3)10-17(25)19(14)20(2)6-4-13(24)9-16(12)20/h4,6,9,12,14-15,19,23,27H,5,7-8,10-11H2,1-3H3/t12-,14?,15?,19?,20?,21?,22-/m0/s1. The Morgan fingerprint density at radius 2 is 2.00 bits per heavy atom. The fraction of sp³-hybridized carbons (Fsp3) is 0.682. The summed E-state index contributed by atoms with van der Waals surface area (Å²) in [4.78, 5) is 37.7. The van der Waals surface area contributed by atoms with E-state index in [1.165, 1.54) is 0 Å². The van der Waals surface area contributed by atoms with Gasteiger partial charge in [-0.25, -0.2) is 0 Å². The smallest absolute Gasteiger partial charge is 0.190 e. The quantitative estimate of drug-likeness (QED) is 0.774. The van der Waals surface area contributed by atoms with Crippen LogP contribution in [-0.4, -0.2) is 39.8 Å². The molecule has 0 spiro atoms. The van der Waals surface area contributed by atoms with E-state index in [9.17, 15) is 24.6 Å². The molecule has 0 radical (unpaired) electrons. The van der Waals surface area contributed by atoms with Crippen LogP contribution in [0, 0.1) is 34.5 Å². The lowest BCUT2D eigenvalue weighted by Gasteiger charge is -2.58. The van der Waals surface area contributed by atoms with Crippen molar-refractivity contribution in [3.05, 3.63) is 23.8 Å². The summed E-state index contributed by atoms with van der Waals surface area (Å²) in [6, 6.07) is 0. The van der Waals surface area contributed by atoms with Gasteiger partial charge in [-0.15, -0.1) is 0 Å². The van der Waals surface area contributed by atoms with Gasteiger partial charge in [-0.05, 0) is 49.2 Å². The second-order valence-corrected chi connectivity index (χ2v) is 9.54. The third-order valence-electron chi connectivity index (χ3n) is 8.33. The Morgan fingerprint density at radius 3 is 2.67 bits per heavy atom. The third kappa shape index (κ3) is 2.21. The van der Waals surface area contributed by atoms with Gasteiger partial charge >= 0.3 is 0 Å². The summed E-state index contributed by atoms with van der Waals surface area (Å²) in [5.41, 5.74) is -1.91. The minimum atomic E-state index is -1.63. The van der Waals surface area contributed by atoms with Crippen LogP contribution in [0.2, 0.25) is 0 Å². The molecule has 3 fully saturated rings. The van der Waals surface area contributed by atoms with Crippen molar-refractivity contribution in [1.82, 2.24) is 0 Å². The fourth-order valence-electron chi connectivity index (χ4n) is 7.05. The van der Waals surface area contributed by atoms with E-state index in [0.29, 0.717) is 12.8 Å². The van der Waals surface area contributed by atoms with Gasteiger partial charge < -0.3 is 10.2 Å². The van der Waals surface area contributed by atoms with Crippen LogP contribution in [0.4, 0.5) is 0 Å². The van der Waals surface area contributed by atoms with Crippen molar-refractivity contribution in [2.24, 2.45) is 34.5 Å². The number of fused-ring (bicyclic) bond motifs is 5. The van der Waals surface area contributed by atoms with Crippen molar-refractivity contribution in [2.75, 3.05) is 6.61 Å². The van der Waals surface area contributed by atoms with Gasteiger partial charge in [-0.3, -0.25) is 14.4 Å². The predicted octanol–water partition coefficient (Wildman–Crippen LogP) is 2.01. The first-order valence-corrected chi connectivity index (χ1v) is 9.93. The zero-order chi connectivity index (χ0) is 19.8. The molecule has 7 atom stereocenters. The van der Waals surface area contributed by atoms with E-state index >= 15 is 0 Å². The average molecular weight is 372 g/mol. The largest absolute Gasteiger partial charge is 0.388 e. The van der Waals surface area contributed by atoms with Crippen LogP contribution in [0.25, 0.3) is 0 Å². The maximum atomic E-state index is 13.4. The Hall–Kier alpha value is -1.59. The van der Waals surface area contributed by atoms with Crippen molar-refractivity contribution in [3.63, 3.8) is 0 Å². The normalized spacial score (nSPS) is 48.6. The van der Waals surface area contributed by atoms with Crippen molar-refractivity contribution >= 4 is 17.3 Å². The van der Waals surface area contributed by atoms with Gasteiger partial charge in [0, 0.05) is 23.2 Å². The number of rotatable bonds is 2. The van der Waals surface area contributed by atoms with E-state index in [2.05, 4.69) is 13.8 Å². The Kier molecular flexibility index (Phi) is 3.97. The van der Waals surface area contributed by atoms with Crippen molar-refractivity contribution in [1.29, 1.82) is 0 Å². The van der Waals surface area contributed by atoms with Gasteiger partial charge in [0.05, 0.1) is 0 Å². The van der Waals surface area contributed by atoms with Crippen LogP contribution in [0.15, 0.2) is 23.8 Å². The number of ketones is 3. The van der Waals surface area contributed by atoms with Crippen molar-refractivity contribution < 1.29 is 24.6 Å². The molecular weight excluding hydrogens is 344 g/mol. The summed E-state index contributed by atoms with van der Waals surface area (Å²) in [5.74, 6) is -0.484. The molecule has 0 aromatic heterocycles. The number of aliphatic hydroxyl groups is 2. The number of Topliss-reactive ketones (excluding diaryl/α,β-unsaturated/α-hetero) is 2. The van der Waals surface area contributed by atoms with E-state index in [1.54, 1.807) is 12.2 Å². The lowest BCUT2D eigenvalue weighted by Crippen LogP contribution is -2.61. The summed E-state index contributed by atoms with van der Waals surface area (Å²) in [6.45, 7) is 5.30. The number of hydrogen-bond donors (Lipinski definition) is 2. The summed E-state index contributed by atoms with van der Waals surface area (Å²) in [5, 5.41) is 20.6. The minimum Gasteiger partial charge on any atom is -0.388 e. The van der Waals surface area contributed by atoms with Gasteiger partial charge in [0.15, 0.2) is 11.6 Å². The summed E-state index contributed by atoms with van der Waals surface area (Å²) < 4.78 is 0. The third-order valence-corrected chi connectivity index (χ3v) is 8.33. The SMILES string of the molecule is C[C@H]1CC2C(C(=O)CC3(C)C2CC[C@]3(O)C(=O)CO)C2(C)C=CC(=O)C=C12. The second kappa shape index (κ2) is 5.71. The van der Waals surface area contributed by atoms with Crippen LogP contribution in [-0.2, 0) is 14.4 Å². The first-order chi connectivity index (χ1) is 12.6. The first kappa shape index (κ1) is 18.8. The lowest BCUT2D eigenvalue weighted by molar-refractivity contribution is -0.169. The zero-order valence-corrected chi connectivity index (χ0v) is 16.2. The molecule has 5 heteroatoms. The molecule has 0 bridgehead atoms. The molecule has 4 aliphatic rings.